The molecule has 13 rings (SSSR count). The number of fused-ring (bicyclic) bond motifs is 9. The Morgan fingerprint density at radius 3 is 1.33 bits per heavy atom. The summed E-state index contributed by atoms with van der Waals surface area (Å²) in [5.74, 6) is 0. The van der Waals surface area contributed by atoms with Gasteiger partial charge in [0.25, 0.3) is 0 Å². The van der Waals surface area contributed by atoms with Crippen LogP contribution < -0.4 is 0 Å². The van der Waals surface area contributed by atoms with Gasteiger partial charge in [-0.3, -0.25) is 0 Å². The average Bonchev–Trinajstić information content (AvgIpc) is 3.86. The highest BCUT2D eigenvalue weighted by Gasteiger charge is 2.46. The standard InChI is InChI=1S/C63H41N/c1-5-17-42(18-6-1)44-30-35-61-57(37-44)58-38-45(43-19-7-2-8-20-43)31-36-62(58)64(61)50-32-34-55-54-33-29-47(56-39-46-21-13-14-26-51(46)52-27-15-16-28-53(52)56)40-59(54)63(60(55)41-50,48-22-9-3-10-23-48)49-24-11-4-12-25-49/h1-41H. The molecule has 0 aliphatic heterocycles. The van der Waals surface area contributed by atoms with Crippen molar-refractivity contribution in [2.75, 3.05) is 0 Å². The van der Waals surface area contributed by atoms with E-state index in [2.05, 4.69) is 253 Å². The van der Waals surface area contributed by atoms with E-state index < -0.39 is 5.41 Å². The molecular formula is C63H41N. The largest absolute Gasteiger partial charge is 0.309 e. The number of hydrogen-bond donors (Lipinski definition) is 0. The summed E-state index contributed by atoms with van der Waals surface area (Å²) in [6.07, 6.45) is 0. The van der Waals surface area contributed by atoms with E-state index in [1.807, 2.05) is 0 Å². The van der Waals surface area contributed by atoms with Crippen LogP contribution in [0.25, 0.3) is 93.5 Å². The van der Waals surface area contributed by atoms with Crippen molar-refractivity contribution in [3.63, 3.8) is 0 Å². The van der Waals surface area contributed by atoms with Crippen LogP contribution in [-0.4, -0.2) is 4.57 Å². The Bertz CT molecular complexity index is 3610. The maximum absolute atomic E-state index is 2.50. The molecule has 1 aliphatic carbocycles. The van der Waals surface area contributed by atoms with Gasteiger partial charge in [0, 0.05) is 16.5 Å². The van der Waals surface area contributed by atoms with Gasteiger partial charge in [0.05, 0.1) is 16.4 Å². The molecule has 0 saturated carbocycles. The Morgan fingerprint density at radius 1 is 0.266 bits per heavy atom. The Hall–Kier alpha value is -8.26. The summed E-state index contributed by atoms with van der Waals surface area (Å²) >= 11 is 0. The van der Waals surface area contributed by atoms with Crippen molar-refractivity contribution in [1.29, 1.82) is 0 Å². The molecule has 12 aromatic rings. The molecule has 1 heterocycles. The molecule has 298 valence electrons. The summed E-state index contributed by atoms with van der Waals surface area (Å²) in [5, 5.41) is 7.55. The molecule has 11 aromatic carbocycles. The lowest BCUT2D eigenvalue weighted by Crippen LogP contribution is -2.28. The second-order valence-corrected chi connectivity index (χ2v) is 17.2. The lowest BCUT2D eigenvalue weighted by Gasteiger charge is -2.34. The molecular weight excluding hydrogens is 771 g/mol. The summed E-state index contributed by atoms with van der Waals surface area (Å²) in [4.78, 5) is 0. The predicted octanol–water partition coefficient (Wildman–Crippen LogP) is 16.5. The fraction of sp³-hybridized carbons (Fsp3) is 0.0159. The molecule has 1 aromatic heterocycles. The van der Waals surface area contributed by atoms with Crippen LogP contribution >= 0.6 is 0 Å². The predicted molar refractivity (Wildman–Crippen MR) is 269 cm³/mol. The van der Waals surface area contributed by atoms with Gasteiger partial charge in [-0.15, -0.1) is 0 Å². The molecule has 64 heavy (non-hydrogen) atoms. The van der Waals surface area contributed by atoms with Crippen LogP contribution in [0, 0.1) is 0 Å². The minimum Gasteiger partial charge on any atom is -0.309 e. The maximum atomic E-state index is 2.50. The van der Waals surface area contributed by atoms with Crippen molar-refractivity contribution in [2.24, 2.45) is 0 Å². The van der Waals surface area contributed by atoms with E-state index in [4.69, 9.17) is 0 Å². The minimum absolute atomic E-state index is 0.592. The fourth-order valence-electron chi connectivity index (χ4n) is 11.0. The summed E-state index contributed by atoms with van der Waals surface area (Å²) in [7, 11) is 0. The van der Waals surface area contributed by atoms with Crippen LogP contribution in [0.5, 0.6) is 0 Å². The lowest BCUT2D eigenvalue weighted by atomic mass is 9.67. The Balaban J connectivity index is 1.08. The quantitative estimate of drug-likeness (QED) is 0.147. The monoisotopic (exact) mass is 811 g/mol. The van der Waals surface area contributed by atoms with Crippen LogP contribution in [0.1, 0.15) is 22.3 Å². The van der Waals surface area contributed by atoms with Crippen molar-refractivity contribution in [1.82, 2.24) is 4.57 Å². The lowest BCUT2D eigenvalue weighted by molar-refractivity contribution is 0.768. The minimum atomic E-state index is -0.592. The second kappa shape index (κ2) is 14.4. The zero-order valence-corrected chi connectivity index (χ0v) is 35.1. The molecule has 0 N–H and O–H groups in total. The molecule has 0 unspecified atom stereocenters. The number of hydrogen-bond acceptors (Lipinski definition) is 0. The first kappa shape index (κ1) is 36.4. The highest BCUT2D eigenvalue weighted by atomic mass is 15.0. The van der Waals surface area contributed by atoms with Gasteiger partial charge in [-0.1, -0.05) is 200 Å². The highest BCUT2D eigenvalue weighted by molar-refractivity contribution is 6.14. The normalized spacial score (nSPS) is 12.8. The molecule has 0 fully saturated rings. The van der Waals surface area contributed by atoms with Crippen molar-refractivity contribution in [2.45, 2.75) is 5.41 Å². The van der Waals surface area contributed by atoms with Crippen LogP contribution in [0.15, 0.2) is 249 Å². The van der Waals surface area contributed by atoms with Gasteiger partial charge < -0.3 is 4.57 Å². The van der Waals surface area contributed by atoms with Gasteiger partial charge in [-0.25, -0.2) is 0 Å². The average molecular weight is 812 g/mol. The van der Waals surface area contributed by atoms with Gasteiger partial charge in [-0.2, -0.15) is 0 Å². The van der Waals surface area contributed by atoms with Gasteiger partial charge >= 0.3 is 0 Å². The zero-order valence-electron chi connectivity index (χ0n) is 35.1. The van der Waals surface area contributed by atoms with Gasteiger partial charge in [0.1, 0.15) is 0 Å². The van der Waals surface area contributed by atoms with Crippen molar-refractivity contribution in [3.05, 3.63) is 271 Å². The SMILES string of the molecule is c1ccc(-c2ccc3c(c2)c2cc(-c4ccccc4)ccc2n3-c2ccc3c(c2)C(c2ccccc2)(c2ccccc2)c2cc(-c4cc5ccccc5c5ccccc45)ccc2-3)cc1. The molecule has 0 bridgehead atoms. The van der Waals surface area contributed by atoms with Gasteiger partial charge in [0.15, 0.2) is 0 Å². The number of aromatic nitrogens is 1. The molecule has 1 aliphatic rings. The first-order valence-corrected chi connectivity index (χ1v) is 22.2. The molecule has 0 amide bonds. The van der Waals surface area contributed by atoms with E-state index in [1.54, 1.807) is 0 Å². The topological polar surface area (TPSA) is 4.93 Å². The zero-order chi connectivity index (χ0) is 42.2. The molecule has 0 saturated heterocycles. The maximum Gasteiger partial charge on any atom is 0.0714 e. The fourth-order valence-corrected chi connectivity index (χ4v) is 11.0. The highest BCUT2D eigenvalue weighted by Crippen LogP contribution is 2.57. The summed E-state index contributed by atoms with van der Waals surface area (Å²) in [6, 6.07) is 92.3. The number of rotatable bonds is 6. The third kappa shape index (κ3) is 5.44. The summed E-state index contributed by atoms with van der Waals surface area (Å²) in [5.41, 5.74) is 17.9. The molecule has 1 heteroatoms. The second-order valence-electron chi connectivity index (χ2n) is 17.2. The van der Waals surface area contributed by atoms with E-state index >= 15 is 0 Å². The van der Waals surface area contributed by atoms with Crippen LogP contribution in [0.2, 0.25) is 0 Å². The van der Waals surface area contributed by atoms with E-state index in [0.29, 0.717) is 0 Å². The van der Waals surface area contributed by atoms with Crippen molar-refractivity contribution >= 4 is 43.4 Å². The smallest absolute Gasteiger partial charge is 0.0714 e. The Kier molecular flexibility index (Phi) is 8.20. The third-order valence-corrected chi connectivity index (χ3v) is 13.9. The molecule has 0 spiro atoms. The first-order valence-electron chi connectivity index (χ1n) is 22.2. The first-order chi connectivity index (χ1) is 31.7. The van der Waals surface area contributed by atoms with Crippen LogP contribution in [0.3, 0.4) is 0 Å². The van der Waals surface area contributed by atoms with Crippen molar-refractivity contribution < 1.29 is 0 Å². The Labute approximate surface area is 372 Å². The van der Waals surface area contributed by atoms with Gasteiger partial charge in [-0.05, 0) is 137 Å². The summed E-state index contributed by atoms with van der Waals surface area (Å²) < 4.78 is 2.49. The summed E-state index contributed by atoms with van der Waals surface area (Å²) in [6.45, 7) is 0. The third-order valence-electron chi connectivity index (χ3n) is 13.9. The number of nitrogens with zero attached hydrogens (tertiary/aromatic N) is 1. The molecule has 1 nitrogen and oxygen atoms in total. The molecule has 0 radical (unpaired) electrons. The Morgan fingerprint density at radius 2 is 0.734 bits per heavy atom. The van der Waals surface area contributed by atoms with E-state index in [-0.39, 0.29) is 0 Å². The van der Waals surface area contributed by atoms with E-state index in [1.165, 1.54) is 110 Å². The number of benzene rings is 11. The van der Waals surface area contributed by atoms with E-state index in [0.717, 1.165) is 5.69 Å². The van der Waals surface area contributed by atoms with Crippen molar-refractivity contribution in [3.8, 4) is 50.2 Å². The van der Waals surface area contributed by atoms with E-state index in [9.17, 15) is 0 Å². The molecule has 0 atom stereocenters. The van der Waals surface area contributed by atoms with Gasteiger partial charge in [0.2, 0.25) is 0 Å². The van der Waals surface area contributed by atoms with Crippen LogP contribution in [0.4, 0.5) is 0 Å². The van der Waals surface area contributed by atoms with Crippen LogP contribution in [-0.2, 0) is 5.41 Å².